The summed E-state index contributed by atoms with van der Waals surface area (Å²) in [6, 6.07) is 7.39. The lowest BCUT2D eigenvalue weighted by atomic mass is 10.1. The number of piperazine rings is 1. The number of nitrogens with one attached hydrogen (secondary N) is 1. The van der Waals surface area contributed by atoms with Gasteiger partial charge in [0.1, 0.15) is 0 Å². The minimum Gasteiger partial charge on any atom is -0.338 e. The third-order valence-corrected chi connectivity index (χ3v) is 6.02. The Bertz CT molecular complexity index is 638. The van der Waals surface area contributed by atoms with E-state index in [2.05, 4.69) is 5.32 Å². The number of hydrogen-bond acceptors (Lipinski definition) is 4. The maximum Gasteiger partial charge on any atom is 0.253 e. The lowest BCUT2D eigenvalue weighted by Crippen LogP contribution is -2.48. The smallest absolute Gasteiger partial charge is 0.253 e. The SMILES string of the molecule is CCCN(CCS(=O)(=O)N1CCNCC1)C(=O)c1ccc(C)cc1. The quantitative estimate of drug-likeness (QED) is 0.796. The molecule has 0 bridgehead atoms. The lowest BCUT2D eigenvalue weighted by molar-refractivity contribution is 0.0765. The number of benzene rings is 1. The van der Waals surface area contributed by atoms with Gasteiger partial charge in [-0.1, -0.05) is 24.6 Å². The van der Waals surface area contributed by atoms with E-state index in [1.54, 1.807) is 17.0 Å². The second kappa shape index (κ2) is 8.60. The molecule has 6 nitrogen and oxygen atoms in total. The molecule has 0 aliphatic carbocycles. The fraction of sp³-hybridized carbons (Fsp3) is 0.588. The van der Waals surface area contributed by atoms with Crippen molar-refractivity contribution in [2.45, 2.75) is 20.3 Å². The van der Waals surface area contributed by atoms with E-state index < -0.39 is 10.0 Å². The van der Waals surface area contributed by atoms with E-state index in [0.29, 0.717) is 38.3 Å². The molecule has 1 N–H and O–H groups in total. The highest BCUT2D eigenvalue weighted by atomic mass is 32.2. The summed E-state index contributed by atoms with van der Waals surface area (Å²) in [5.41, 5.74) is 1.70. The minimum absolute atomic E-state index is 0.0232. The highest BCUT2D eigenvalue weighted by Crippen LogP contribution is 2.10. The number of nitrogens with zero attached hydrogens (tertiary/aromatic N) is 2. The van der Waals surface area contributed by atoms with Gasteiger partial charge >= 0.3 is 0 Å². The van der Waals surface area contributed by atoms with Gasteiger partial charge in [0.15, 0.2) is 0 Å². The summed E-state index contributed by atoms with van der Waals surface area (Å²) in [4.78, 5) is 14.3. The Kier molecular flexibility index (Phi) is 6.77. The van der Waals surface area contributed by atoms with Crippen LogP contribution >= 0.6 is 0 Å². The summed E-state index contributed by atoms with van der Waals surface area (Å²) in [6.07, 6.45) is 0.797. The molecule has 0 spiro atoms. The number of carbonyl (C=O) groups excluding carboxylic acids is 1. The molecule has 1 aliphatic heterocycles. The van der Waals surface area contributed by atoms with Crippen LogP contribution in [0.25, 0.3) is 0 Å². The molecule has 24 heavy (non-hydrogen) atoms. The molecular formula is C17H27N3O3S. The Morgan fingerprint density at radius 1 is 1.17 bits per heavy atom. The number of carbonyl (C=O) groups is 1. The molecule has 0 atom stereocenters. The average molecular weight is 353 g/mol. The Labute approximate surface area is 144 Å². The van der Waals surface area contributed by atoms with Crippen LogP contribution in [0.4, 0.5) is 0 Å². The zero-order valence-corrected chi connectivity index (χ0v) is 15.3. The third-order valence-electron chi connectivity index (χ3n) is 4.17. The van der Waals surface area contributed by atoms with Crippen molar-refractivity contribution in [3.05, 3.63) is 35.4 Å². The van der Waals surface area contributed by atoms with Gasteiger partial charge in [-0.05, 0) is 25.5 Å². The zero-order chi connectivity index (χ0) is 17.6. The van der Waals surface area contributed by atoms with Crippen LogP contribution in [0.2, 0.25) is 0 Å². The monoisotopic (exact) mass is 353 g/mol. The van der Waals surface area contributed by atoms with Crippen LogP contribution in [0, 0.1) is 6.92 Å². The molecule has 1 aromatic carbocycles. The molecule has 0 saturated carbocycles. The van der Waals surface area contributed by atoms with Gasteiger partial charge < -0.3 is 10.2 Å². The van der Waals surface area contributed by atoms with Crippen molar-refractivity contribution in [1.82, 2.24) is 14.5 Å². The van der Waals surface area contributed by atoms with Crippen molar-refractivity contribution in [3.63, 3.8) is 0 Å². The van der Waals surface area contributed by atoms with Gasteiger partial charge in [-0.25, -0.2) is 8.42 Å². The molecule has 1 amide bonds. The minimum atomic E-state index is -3.32. The van der Waals surface area contributed by atoms with Crippen molar-refractivity contribution in [2.75, 3.05) is 45.0 Å². The van der Waals surface area contributed by atoms with E-state index in [4.69, 9.17) is 0 Å². The van der Waals surface area contributed by atoms with Crippen LogP contribution in [-0.4, -0.2) is 68.6 Å². The van der Waals surface area contributed by atoms with E-state index in [0.717, 1.165) is 12.0 Å². The van der Waals surface area contributed by atoms with Crippen LogP contribution in [0.3, 0.4) is 0 Å². The van der Waals surface area contributed by atoms with Gasteiger partial charge in [-0.2, -0.15) is 4.31 Å². The van der Waals surface area contributed by atoms with Gasteiger partial charge in [-0.3, -0.25) is 4.79 Å². The first-order chi connectivity index (χ1) is 11.4. The molecule has 1 fully saturated rings. The van der Waals surface area contributed by atoms with Crippen LogP contribution in [0.5, 0.6) is 0 Å². The lowest BCUT2D eigenvalue weighted by Gasteiger charge is -2.28. The number of hydrogen-bond donors (Lipinski definition) is 1. The van der Waals surface area contributed by atoms with Crippen molar-refractivity contribution < 1.29 is 13.2 Å². The molecule has 1 aliphatic rings. The summed E-state index contributed by atoms with van der Waals surface area (Å²) in [5, 5.41) is 3.15. The highest BCUT2D eigenvalue weighted by molar-refractivity contribution is 7.89. The largest absolute Gasteiger partial charge is 0.338 e. The predicted molar refractivity (Wildman–Crippen MR) is 95.6 cm³/mol. The second-order valence-corrected chi connectivity index (χ2v) is 8.21. The molecule has 1 heterocycles. The third kappa shape index (κ3) is 5.03. The van der Waals surface area contributed by atoms with E-state index in [1.165, 1.54) is 4.31 Å². The zero-order valence-electron chi connectivity index (χ0n) is 14.5. The molecule has 1 aromatic rings. The second-order valence-electron chi connectivity index (χ2n) is 6.12. The fourth-order valence-corrected chi connectivity index (χ4v) is 4.19. The van der Waals surface area contributed by atoms with Gasteiger partial charge in [0.25, 0.3) is 5.91 Å². The summed E-state index contributed by atoms with van der Waals surface area (Å²) in [6.45, 7) is 7.11. The molecule has 7 heteroatoms. The summed E-state index contributed by atoms with van der Waals surface area (Å²) < 4.78 is 26.4. The Balaban J connectivity index is 2.02. The highest BCUT2D eigenvalue weighted by Gasteiger charge is 2.25. The van der Waals surface area contributed by atoms with Gasteiger partial charge in [0.05, 0.1) is 5.75 Å². The van der Waals surface area contributed by atoms with Crippen molar-refractivity contribution in [3.8, 4) is 0 Å². The van der Waals surface area contributed by atoms with Crippen molar-refractivity contribution in [1.29, 1.82) is 0 Å². The Morgan fingerprint density at radius 2 is 1.79 bits per heavy atom. The number of aryl methyl sites for hydroxylation is 1. The fourth-order valence-electron chi connectivity index (χ4n) is 2.74. The summed E-state index contributed by atoms with van der Waals surface area (Å²) in [7, 11) is -3.32. The maximum atomic E-state index is 12.6. The predicted octanol–water partition coefficient (Wildman–Crippen LogP) is 1.08. The van der Waals surface area contributed by atoms with E-state index in [-0.39, 0.29) is 18.2 Å². The normalized spacial score (nSPS) is 16.1. The Hall–Kier alpha value is -1.44. The summed E-state index contributed by atoms with van der Waals surface area (Å²) >= 11 is 0. The molecule has 0 unspecified atom stereocenters. The van der Waals surface area contributed by atoms with E-state index in [1.807, 2.05) is 26.0 Å². The first-order valence-electron chi connectivity index (χ1n) is 8.48. The van der Waals surface area contributed by atoms with Gasteiger partial charge in [0, 0.05) is 44.8 Å². The molecule has 0 aromatic heterocycles. The van der Waals surface area contributed by atoms with Crippen molar-refractivity contribution in [2.24, 2.45) is 0 Å². The molecule has 0 radical (unpaired) electrons. The Morgan fingerprint density at radius 3 is 2.38 bits per heavy atom. The topological polar surface area (TPSA) is 69.7 Å². The molecule has 2 rings (SSSR count). The van der Waals surface area contributed by atoms with E-state index in [9.17, 15) is 13.2 Å². The standard InChI is InChI=1S/C17H27N3O3S/c1-3-10-19(17(21)16-6-4-15(2)5-7-16)13-14-24(22,23)20-11-8-18-9-12-20/h4-7,18H,3,8-14H2,1-2H3. The van der Waals surface area contributed by atoms with E-state index >= 15 is 0 Å². The average Bonchev–Trinajstić information content (AvgIpc) is 2.59. The van der Waals surface area contributed by atoms with Crippen LogP contribution in [-0.2, 0) is 10.0 Å². The first kappa shape index (κ1) is 18.9. The first-order valence-corrected chi connectivity index (χ1v) is 10.1. The number of amides is 1. The molecule has 1 saturated heterocycles. The van der Waals surface area contributed by atoms with Crippen LogP contribution in [0.1, 0.15) is 29.3 Å². The molecular weight excluding hydrogens is 326 g/mol. The number of rotatable bonds is 7. The van der Waals surface area contributed by atoms with Gasteiger partial charge in [0.2, 0.25) is 10.0 Å². The van der Waals surface area contributed by atoms with Crippen LogP contribution < -0.4 is 5.32 Å². The van der Waals surface area contributed by atoms with Crippen LogP contribution in [0.15, 0.2) is 24.3 Å². The van der Waals surface area contributed by atoms with Gasteiger partial charge in [-0.15, -0.1) is 0 Å². The maximum absolute atomic E-state index is 12.6. The molecule has 134 valence electrons. The number of sulfonamides is 1. The summed E-state index contributed by atoms with van der Waals surface area (Å²) in [5.74, 6) is -0.128. The van der Waals surface area contributed by atoms with Crippen molar-refractivity contribution >= 4 is 15.9 Å².